The van der Waals surface area contributed by atoms with Gasteiger partial charge in [-0.15, -0.1) is 0 Å². The number of aliphatic hydroxyl groups is 1. The maximum atomic E-state index is 11.3. The molecule has 3 rings (SSSR count). The molecule has 0 aromatic heterocycles. The molecule has 0 saturated carbocycles. The Labute approximate surface area is 177 Å². The molecule has 0 spiro atoms. The summed E-state index contributed by atoms with van der Waals surface area (Å²) >= 11 is 0. The summed E-state index contributed by atoms with van der Waals surface area (Å²) in [5, 5.41) is 14.7. The Bertz CT molecular complexity index is 755. The van der Waals surface area contributed by atoms with Crippen LogP contribution in [-0.2, 0) is 18.9 Å². The fourth-order valence-electron chi connectivity index (χ4n) is 3.74. The Hall–Kier alpha value is -2.16. The first kappa shape index (κ1) is 22.5. The SMILES string of the molecule is COC[C@@H]1OC(C)([C@@H](Nc2ccc(OC)cc2)[C@H](O)c2ccccc2)O[C@H]1COC. The number of ether oxygens (including phenoxy) is 5. The van der Waals surface area contributed by atoms with E-state index in [2.05, 4.69) is 5.32 Å². The summed E-state index contributed by atoms with van der Waals surface area (Å²) in [6.07, 6.45) is -1.52. The fourth-order valence-corrected chi connectivity index (χ4v) is 3.74. The molecule has 30 heavy (non-hydrogen) atoms. The molecule has 164 valence electrons. The third kappa shape index (κ3) is 5.11. The predicted octanol–water partition coefficient (Wildman–Crippen LogP) is 3.00. The van der Waals surface area contributed by atoms with Crippen LogP contribution in [0.3, 0.4) is 0 Å². The third-order valence-electron chi connectivity index (χ3n) is 5.28. The number of methoxy groups -OCH3 is 3. The summed E-state index contributed by atoms with van der Waals surface area (Å²) in [5.41, 5.74) is 1.57. The highest BCUT2D eigenvalue weighted by Crippen LogP contribution is 2.38. The zero-order valence-corrected chi connectivity index (χ0v) is 17.9. The highest BCUT2D eigenvalue weighted by molar-refractivity contribution is 5.48. The van der Waals surface area contributed by atoms with E-state index in [-0.39, 0.29) is 12.2 Å². The molecule has 1 saturated heterocycles. The van der Waals surface area contributed by atoms with Crippen molar-refractivity contribution in [3.63, 3.8) is 0 Å². The van der Waals surface area contributed by atoms with E-state index in [0.29, 0.717) is 13.2 Å². The average Bonchev–Trinajstić information content (AvgIpc) is 3.09. The second-order valence-electron chi connectivity index (χ2n) is 7.45. The van der Waals surface area contributed by atoms with Gasteiger partial charge in [0, 0.05) is 19.9 Å². The van der Waals surface area contributed by atoms with Crippen LogP contribution in [0.25, 0.3) is 0 Å². The van der Waals surface area contributed by atoms with E-state index < -0.39 is 17.9 Å². The summed E-state index contributed by atoms with van der Waals surface area (Å²) in [7, 11) is 4.86. The van der Waals surface area contributed by atoms with Crippen LogP contribution in [0.5, 0.6) is 5.75 Å². The Morgan fingerprint density at radius 3 is 2.00 bits per heavy atom. The molecule has 7 heteroatoms. The molecule has 7 nitrogen and oxygen atoms in total. The van der Waals surface area contributed by atoms with E-state index in [1.54, 1.807) is 21.3 Å². The van der Waals surface area contributed by atoms with Gasteiger partial charge in [-0.25, -0.2) is 0 Å². The van der Waals surface area contributed by atoms with Gasteiger partial charge in [0.1, 0.15) is 30.1 Å². The number of aliphatic hydroxyl groups excluding tert-OH is 1. The van der Waals surface area contributed by atoms with Crippen LogP contribution in [0.2, 0.25) is 0 Å². The summed E-state index contributed by atoms with van der Waals surface area (Å²) in [6, 6.07) is 16.3. The number of hydrogen-bond donors (Lipinski definition) is 2. The van der Waals surface area contributed by atoms with Crippen molar-refractivity contribution in [3.8, 4) is 5.75 Å². The molecule has 2 N–H and O–H groups in total. The molecule has 1 aliphatic heterocycles. The number of benzene rings is 2. The summed E-state index contributed by atoms with van der Waals surface area (Å²) in [4.78, 5) is 0. The minimum absolute atomic E-state index is 0.317. The van der Waals surface area contributed by atoms with E-state index in [4.69, 9.17) is 23.7 Å². The zero-order valence-electron chi connectivity index (χ0n) is 17.9. The molecule has 2 aromatic carbocycles. The van der Waals surface area contributed by atoms with Crippen molar-refractivity contribution in [2.24, 2.45) is 0 Å². The number of rotatable bonds is 10. The van der Waals surface area contributed by atoms with Crippen molar-refractivity contribution in [2.45, 2.75) is 37.1 Å². The number of hydrogen-bond acceptors (Lipinski definition) is 7. The van der Waals surface area contributed by atoms with E-state index in [0.717, 1.165) is 17.0 Å². The molecule has 0 amide bonds. The monoisotopic (exact) mass is 417 g/mol. The maximum absolute atomic E-state index is 11.3. The highest BCUT2D eigenvalue weighted by Gasteiger charge is 2.52. The van der Waals surface area contributed by atoms with Gasteiger partial charge in [-0.2, -0.15) is 0 Å². The summed E-state index contributed by atoms with van der Waals surface area (Å²) < 4.78 is 28.5. The number of nitrogens with one attached hydrogen (secondary N) is 1. The lowest BCUT2D eigenvalue weighted by molar-refractivity contribution is -0.193. The van der Waals surface area contributed by atoms with Crippen molar-refractivity contribution in [1.82, 2.24) is 0 Å². The summed E-state index contributed by atoms with van der Waals surface area (Å²) in [6.45, 7) is 2.55. The first-order valence-corrected chi connectivity index (χ1v) is 9.98. The van der Waals surface area contributed by atoms with Crippen LogP contribution in [0, 0.1) is 0 Å². The van der Waals surface area contributed by atoms with Crippen molar-refractivity contribution in [1.29, 1.82) is 0 Å². The third-order valence-corrected chi connectivity index (χ3v) is 5.28. The molecule has 1 aliphatic rings. The molecular weight excluding hydrogens is 386 g/mol. The maximum Gasteiger partial charge on any atom is 0.189 e. The van der Waals surface area contributed by atoms with E-state index in [9.17, 15) is 5.11 Å². The first-order chi connectivity index (χ1) is 14.5. The quantitative estimate of drug-likeness (QED) is 0.615. The molecule has 0 unspecified atom stereocenters. The van der Waals surface area contributed by atoms with Crippen molar-refractivity contribution < 1.29 is 28.8 Å². The summed E-state index contributed by atoms with van der Waals surface area (Å²) in [5.74, 6) is -0.373. The molecule has 4 atom stereocenters. The second kappa shape index (κ2) is 10.2. The zero-order chi connectivity index (χ0) is 21.6. The fraction of sp³-hybridized carbons (Fsp3) is 0.478. The molecule has 0 bridgehead atoms. The molecule has 2 aromatic rings. The first-order valence-electron chi connectivity index (χ1n) is 9.98. The van der Waals surface area contributed by atoms with Crippen molar-refractivity contribution >= 4 is 5.69 Å². The molecular formula is C23H31NO6. The second-order valence-corrected chi connectivity index (χ2v) is 7.45. The van der Waals surface area contributed by atoms with Gasteiger partial charge in [0.15, 0.2) is 5.79 Å². The van der Waals surface area contributed by atoms with Gasteiger partial charge in [0.2, 0.25) is 0 Å². The van der Waals surface area contributed by atoms with E-state index >= 15 is 0 Å². The Morgan fingerprint density at radius 1 is 0.933 bits per heavy atom. The lowest BCUT2D eigenvalue weighted by Crippen LogP contribution is -2.50. The smallest absolute Gasteiger partial charge is 0.189 e. The topological polar surface area (TPSA) is 78.4 Å². The largest absolute Gasteiger partial charge is 0.497 e. The standard InChI is InChI=1S/C23H31NO6/c1-23(29-19(14-26-2)20(30-23)15-27-3)22(21(25)16-8-6-5-7-9-16)24-17-10-12-18(28-4)13-11-17/h5-13,19-22,24-25H,14-15H2,1-4H3/t19-,20-,21+,22-/m0/s1. The molecule has 1 heterocycles. The number of anilines is 1. The predicted molar refractivity (Wildman–Crippen MR) is 114 cm³/mol. The van der Waals surface area contributed by atoms with Gasteiger partial charge in [-0.1, -0.05) is 30.3 Å². The van der Waals surface area contributed by atoms with Crippen LogP contribution in [0.4, 0.5) is 5.69 Å². The van der Waals surface area contributed by atoms with Crippen LogP contribution >= 0.6 is 0 Å². The highest BCUT2D eigenvalue weighted by atomic mass is 16.8. The van der Waals surface area contributed by atoms with Crippen LogP contribution in [0.15, 0.2) is 54.6 Å². The lowest BCUT2D eigenvalue weighted by Gasteiger charge is -2.37. The van der Waals surface area contributed by atoms with Gasteiger partial charge >= 0.3 is 0 Å². The van der Waals surface area contributed by atoms with Crippen LogP contribution in [-0.4, -0.2) is 63.7 Å². The Kier molecular flexibility index (Phi) is 7.69. The molecule has 0 aliphatic carbocycles. The van der Waals surface area contributed by atoms with Gasteiger partial charge in [-0.3, -0.25) is 0 Å². The van der Waals surface area contributed by atoms with Crippen molar-refractivity contribution in [3.05, 3.63) is 60.2 Å². The Morgan fingerprint density at radius 2 is 1.50 bits per heavy atom. The van der Waals surface area contributed by atoms with Gasteiger partial charge < -0.3 is 34.1 Å². The molecule has 0 radical (unpaired) electrons. The van der Waals surface area contributed by atoms with E-state index in [1.807, 2.05) is 61.5 Å². The van der Waals surface area contributed by atoms with Crippen molar-refractivity contribution in [2.75, 3.05) is 39.9 Å². The van der Waals surface area contributed by atoms with E-state index in [1.165, 1.54) is 0 Å². The van der Waals surface area contributed by atoms with Crippen LogP contribution < -0.4 is 10.1 Å². The van der Waals surface area contributed by atoms with Crippen LogP contribution in [0.1, 0.15) is 18.6 Å². The lowest BCUT2D eigenvalue weighted by atomic mass is 9.95. The average molecular weight is 418 g/mol. The normalized spacial score (nSPS) is 22.4. The minimum atomic E-state index is -1.12. The Balaban J connectivity index is 1.91. The van der Waals surface area contributed by atoms with Gasteiger partial charge in [-0.05, 0) is 36.8 Å². The molecule has 1 fully saturated rings. The van der Waals surface area contributed by atoms with Gasteiger partial charge in [0.05, 0.1) is 20.3 Å². The van der Waals surface area contributed by atoms with Gasteiger partial charge in [0.25, 0.3) is 0 Å². The minimum Gasteiger partial charge on any atom is -0.497 e.